The number of carbonyl (C=O) groups excluding carboxylic acids is 1. The van der Waals surface area contributed by atoms with E-state index in [2.05, 4.69) is 0 Å². The van der Waals surface area contributed by atoms with E-state index in [9.17, 15) is 9.59 Å². The Kier molecular flexibility index (Phi) is 2.83. The average molecular weight is 273 g/mol. The lowest BCUT2D eigenvalue weighted by molar-refractivity contribution is 0.0696. The molecule has 1 aliphatic rings. The number of amides is 1. The molecule has 2 heterocycles. The van der Waals surface area contributed by atoms with Crippen LogP contribution in [0, 0.1) is 0 Å². The number of aromatic carboxylic acids is 1. The minimum absolute atomic E-state index is 0.0671. The van der Waals surface area contributed by atoms with Crippen molar-refractivity contribution in [1.82, 2.24) is 0 Å². The van der Waals surface area contributed by atoms with Gasteiger partial charge in [0.15, 0.2) is 0 Å². The Labute approximate surface area is 113 Å². The Bertz CT molecular complexity index is 649. The van der Waals surface area contributed by atoms with Crippen molar-refractivity contribution < 1.29 is 14.7 Å². The summed E-state index contributed by atoms with van der Waals surface area (Å²) in [5.74, 6) is -1.04. The van der Waals surface area contributed by atoms with Crippen LogP contribution >= 0.6 is 11.3 Å². The van der Waals surface area contributed by atoms with Crippen LogP contribution in [0.2, 0.25) is 0 Å². The molecule has 1 N–H and O–H groups in total. The quantitative estimate of drug-likeness (QED) is 0.915. The summed E-state index contributed by atoms with van der Waals surface area (Å²) in [5, 5.41) is 12.7. The predicted octanol–water partition coefficient (Wildman–Crippen LogP) is 2.65. The van der Waals surface area contributed by atoms with Crippen LogP contribution in [-0.4, -0.2) is 23.5 Å². The lowest BCUT2D eigenvalue weighted by Gasteiger charge is -2.16. The largest absolute Gasteiger partial charge is 0.478 e. The van der Waals surface area contributed by atoms with Crippen molar-refractivity contribution >= 4 is 28.9 Å². The monoisotopic (exact) mass is 273 g/mol. The summed E-state index contributed by atoms with van der Waals surface area (Å²) >= 11 is 1.47. The SMILES string of the molecule is O=C(O)c1ccc2c(c1)N(C(=O)c1ccsc1)CC2. The van der Waals surface area contributed by atoms with E-state index in [1.54, 1.807) is 34.5 Å². The van der Waals surface area contributed by atoms with Crippen molar-refractivity contribution in [3.05, 3.63) is 51.7 Å². The molecule has 0 aliphatic carbocycles. The van der Waals surface area contributed by atoms with Crippen LogP contribution in [0.1, 0.15) is 26.3 Å². The second kappa shape index (κ2) is 4.51. The normalized spacial score (nSPS) is 13.4. The van der Waals surface area contributed by atoms with Crippen LogP contribution in [-0.2, 0) is 6.42 Å². The smallest absolute Gasteiger partial charge is 0.335 e. The molecule has 1 aliphatic heterocycles. The van der Waals surface area contributed by atoms with Crippen LogP contribution in [0.3, 0.4) is 0 Å². The molecule has 1 aromatic carbocycles. The van der Waals surface area contributed by atoms with Crippen molar-refractivity contribution in [1.29, 1.82) is 0 Å². The van der Waals surface area contributed by atoms with Gasteiger partial charge < -0.3 is 10.0 Å². The molecule has 96 valence electrons. The maximum Gasteiger partial charge on any atom is 0.335 e. The Hall–Kier alpha value is -2.14. The first kappa shape index (κ1) is 11.9. The third-order valence-corrected chi connectivity index (χ3v) is 3.92. The summed E-state index contributed by atoms with van der Waals surface area (Å²) in [6.45, 7) is 0.604. The summed E-state index contributed by atoms with van der Waals surface area (Å²) in [5.41, 5.74) is 2.60. The fourth-order valence-corrected chi connectivity index (χ4v) is 2.89. The van der Waals surface area contributed by atoms with Gasteiger partial charge in [0.25, 0.3) is 5.91 Å². The third kappa shape index (κ3) is 2.02. The van der Waals surface area contributed by atoms with E-state index < -0.39 is 5.97 Å². The summed E-state index contributed by atoms with van der Waals surface area (Å²) in [6.07, 6.45) is 0.769. The Morgan fingerprint density at radius 3 is 2.74 bits per heavy atom. The van der Waals surface area contributed by atoms with E-state index in [1.807, 2.05) is 5.38 Å². The molecule has 0 atom stereocenters. The van der Waals surface area contributed by atoms with E-state index in [1.165, 1.54) is 11.3 Å². The second-order valence-electron chi connectivity index (χ2n) is 4.37. The number of anilines is 1. The maximum atomic E-state index is 12.3. The van der Waals surface area contributed by atoms with Crippen LogP contribution in [0.4, 0.5) is 5.69 Å². The Morgan fingerprint density at radius 1 is 1.21 bits per heavy atom. The lowest BCUT2D eigenvalue weighted by Crippen LogP contribution is -2.28. The van der Waals surface area contributed by atoms with Gasteiger partial charge in [0.2, 0.25) is 0 Å². The predicted molar refractivity (Wildman–Crippen MR) is 73.1 cm³/mol. The Morgan fingerprint density at radius 2 is 2.05 bits per heavy atom. The number of nitrogens with zero attached hydrogens (tertiary/aromatic N) is 1. The molecule has 0 saturated heterocycles. The molecule has 1 amide bonds. The van der Waals surface area contributed by atoms with Crippen LogP contribution in [0.15, 0.2) is 35.0 Å². The van der Waals surface area contributed by atoms with Gasteiger partial charge in [-0.05, 0) is 35.6 Å². The second-order valence-corrected chi connectivity index (χ2v) is 5.15. The molecular weight excluding hydrogens is 262 g/mol. The Balaban J connectivity index is 1.99. The fourth-order valence-electron chi connectivity index (χ4n) is 2.27. The zero-order valence-electron chi connectivity index (χ0n) is 10.00. The van der Waals surface area contributed by atoms with Crippen LogP contribution in [0.25, 0.3) is 0 Å². The van der Waals surface area contributed by atoms with E-state index in [0.717, 1.165) is 17.7 Å². The molecule has 0 spiro atoms. The molecule has 0 unspecified atom stereocenters. The maximum absolute atomic E-state index is 12.3. The first-order valence-corrected chi connectivity index (χ1v) is 6.81. The highest BCUT2D eigenvalue weighted by atomic mass is 32.1. The number of benzene rings is 1. The summed E-state index contributed by atoms with van der Waals surface area (Å²) in [6, 6.07) is 6.74. The molecule has 2 aromatic rings. The highest BCUT2D eigenvalue weighted by molar-refractivity contribution is 7.08. The number of fused-ring (bicyclic) bond motifs is 1. The topological polar surface area (TPSA) is 57.6 Å². The van der Waals surface area contributed by atoms with Gasteiger partial charge in [0.1, 0.15) is 0 Å². The zero-order chi connectivity index (χ0) is 13.4. The molecule has 0 fully saturated rings. The number of hydrogen-bond acceptors (Lipinski definition) is 3. The van der Waals surface area contributed by atoms with Gasteiger partial charge in [-0.3, -0.25) is 4.79 Å². The molecule has 3 rings (SSSR count). The van der Waals surface area contributed by atoms with Gasteiger partial charge in [0, 0.05) is 17.6 Å². The van der Waals surface area contributed by atoms with Gasteiger partial charge in [-0.15, -0.1) is 0 Å². The molecule has 5 heteroatoms. The summed E-state index contributed by atoms with van der Waals surface area (Å²) in [7, 11) is 0. The lowest BCUT2D eigenvalue weighted by atomic mass is 10.1. The van der Waals surface area contributed by atoms with E-state index >= 15 is 0 Å². The molecule has 4 nitrogen and oxygen atoms in total. The van der Waals surface area contributed by atoms with Gasteiger partial charge in [0.05, 0.1) is 11.1 Å². The van der Waals surface area contributed by atoms with Crippen LogP contribution < -0.4 is 4.90 Å². The standard InChI is InChI=1S/C14H11NO3S/c16-13(11-4-6-19-8-11)15-5-3-9-1-2-10(14(17)18)7-12(9)15/h1-2,4,6-8H,3,5H2,(H,17,18). The van der Waals surface area contributed by atoms with Crippen molar-refractivity contribution in [2.45, 2.75) is 6.42 Å². The van der Waals surface area contributed by atoms with Gasteiger partial charge >= 0.3 is 5.97 Å². The molecule has 0 saturated carbocycles. The number of carboxylic acid groups (broad SMARTS) is 1. The van der Waals surface area contributed by atoms with Crippen LogP contribution in [0.5, 0.6) is 0 Å². The van der Waals surface area contributed by atoms with Crippen molar-refractivity contribution in [2.75, 3.05) is 11.4 Å². The van der Waals surface area contributed by atoms with Crippen molar-refractivity contribution in [3.63, 3.8) is 0 Å². The van der Waals surface area contributed by atoms with Crippen molar-refractivity contribution in [2.24, 2.45) is 0 Å². The van der Waals surface area contributed by atoms with Gasteiger partial charge in [-0.25, -0.2) is 4.79 Å². The number of carbonyl (C=O) groups is 2. The molecule has 1 aromatic heterocycles. The highest BCUT2D eigenvalue weighted by Gasteiger charge is 2.26. The molecule has 19 heavy (non-hydrogen) atoms. The average Bonchev–Trinajstić information content (AvgIpc) is 3.06. The first-order chi connectivity index (χ1) is 9.16. The first-order valence-electron chi connectivity index (χ1n) is 5.87. The number of thiophene rings is 1. The van der Waals surface area contributed by atoms with E-state index in [4.69, 9.17) is 5.11 Å². The van der Waals surface area contributed by atoms with Gasteiger partial charge in [-0.1, -0.05) is 6.07 Å². The minimum atomic E-state index is -0.974. The van der Waals surface area contributed by atoms with E-state index in [-0.39, 0.29) is 11.5 Å². The number of rotatable bonds is 2. The molecular formula is C14H11NO3S. The van der Waals surface area contributed by atoms with Gasteiger partial charge in [-0.2, -0.15) is 11.3 Å². The highest BCUT2D eigenvalue weighted by Crippen LogP contribution is 2.30. The zero-order valence-corrected chi connectivity index (χ0v) is 10.8. The third-order valence-electron chi connectivity index (χ3n) is 3.24. The molecule has 0 bridgehead atoms. The molecule has 0 radical (unpaired) electrons. The summed E-state index contributed by atoms with van der Waals surface area (Å²) < 4.78 is 0. The minimum Gasteiger partial charge on any atom is -0.478 e. The summed E-state index contributed by atoms with van der Waals surface area (Å²) in [4.78, 5) is 25.0. The number of hydrogen-bond donors (Lipinski definition) is 1. The number of carboxylic acids is 1. The fraction of sp³-hybridized carbons (Fsp3) is 0.143. The van der Waals surface area contributed by atoms with E-state index in [0.29, 0.717) is 12.1 Å². The van der Waals surface area contributed by atoms with Crippen molar-refractivity contribution in [3.8, 4) is 0 Å².